The molecule has 2 fully saturated rings. The third-order valence-electron chi connectivity index (χ3n) is 4.54. The largest absolute Gasteiger partial charge is 0.465 e. The lowest BCUT2D eigenvalue weighted by Crippen LogP contribution is -2.60. The minimum absolute atomic E-state index is 0.0885. The Bertz CT molecular complexity index is 689. The molecule has 0 aromatic heterocycles. The van der Waals surface area contributed by atoms with Gasteiger partial charge >= 0.3 is 5.97 Å². The fourth-order valence-electron chi connectivity index (χ4n) is 3.11. The second-order valence-corrected chi connectivity index (χ2v) is 6.16. The van der Waals surface area contributed by atoms with Crippen molar-refractivity contribution in [3.63, 3.8) is 0 Å². The highest BCUT2D eigenvalue weighted by molar-refractivity contribution is 6.03. The average Bonchev–Trinajstić information content (AvgIpc) is 3.19. The second kappa shape index (κ2) is 8.04. The number of nitrogens with one attached hydrogen (secondary N) is 4. The monoisotopic (exact) mass is 369 g/mol. The predicted molar refractivity (Wildman–Crippen MR) is 89.0 cm³/mol. The molecule has 1 aromatic carbocycles. The predicted octanol–water partition coefficient (Wildman–Crippen LogP) is 0.135. The van der Waals surface area contributed by atoms with Crippen LogP contribution in [0.15, 0.2) is 12.1 Å². The van der Waals surface area contributed by atoms with E-state index < -0.39 is 40.8 Å². The number of ether oxygens (including phenoxy) is 1. The SMILES string of the molecule is COC(=O)c1c(F)ccc(F)c1NC(=O)C1CCC(N2CCNC2)NN1. The molecular formula is C16H21F2N5O3. The number of esters is 1. The van der Waals surface area contributed by atoms with Crippen LogP contribution in [0.1, 0.15) is 23.2 Å². The number of hydrogen-bond donors (Lipinski definition) is 4. The molecule has 2 aliphatic heterocycles. The normalized spacial score (nSPS) is 23.7. The summed E-state index contributed by atoms with van der Waals surface area (Å²) in [5.41, 5.74) is 4.81. The molecule has 8 nitrogen and oxygen atoms in total. The molecule has 10 heteroatoms. The number of hydrazine groups is 1. The van der Waals surface area contributed by atoms with E-state index in [1.54, 1.807) is 0 Å². The van der Waals surface area contributed by atoms with E-state index in [9.17, 15) is 18.4 Å². The summed E-state index contributed by atoms with van der Waals surface area (Å²) in [5.74, 6) is -3.51. The molecule has 1 aromatic rings. The van der Waals surface area contributed by atoms with Crippen LogP contribution in [0.5, 0.6) is 0 Å². The molecule has 1 amide bonds. The van der Waals surface area contributed by atoms with Crippen LogP contribution < -0.4 is 21.5 Å². The van der Waals surface area contributed by atoms with Crippen LogP contribution in [0.2, 0.25) is 0 Å². The van der Waals surface area contributed by atoms with Gasteiger partial charge in [-0.1, -0.05) is 0 Å². The second-order valence-electron chi connectivity index (χ2n) is 6.16. The Morgan fingerprint density at radius 3 is 2.62 bits per heavy atom. The van der Waals surface area contributed by atoms with E-state index in [2.05, 4.69) is 31.1 Å². The first-order chi connectivity index (χ1) is 12.5. The molecule has 0 bridgehead atoms. The van der Waals surface area contributed by atoms with Crippen LogP contribution in [-0.2, 0) is 9.53 Å². The lowest BCUT2D eigenvalue weighted by Gasteiger charge is -2.35. The number of hydrogen-bond acceptors (Lipinski definition) is 7. The quantitative estimate of drug-likeness (QED) is 0.561. The Morgan fingerprint density at radius 1 is 1.23 bits per heavy atom. The summed E-state index contributed by atoms with van der Waals surface area (Å²) in [5, 5.41) is 5.53. The van der Waals surface area contributed by atoms with Gasteiger partial charge in [0.1, 0.15) is 23.2 Å². The molecular weight excluding hydrogens is 348 g/mol. The number of carbonyl (C=O) groups excluding carboxylic acids is 2. The van der Waals surface area contributed by atoms with Crippen LogP contribution in [0.4, 0.5) is 14.5 Å². The average molecular weight is 369 g/mol. The van der Waals surface area contributed by atoms with Gasteiger partial charge in [0.2, 0.25) is 5.91 Å². The molecule has 4 N–H and O–H groups in total. The van der Waals surface area contributed by atoms with Gasteiger partial charge in [-0.3, -0.25) is 9.69 Å². The van der Waals surface area contributed by atoms with E-state index in [1.807, 2.05) is 0 Å². The summed E-state index contributed by atoms with van der Waals surface area (Å²) in [6, 6.07) is 1.02. The minimum Gasteiger partial charge on any atom is -0.465 e. The molecule has 2 heterocycles. The molecule has 0 saturated carbocycles. The number of nitrogens with zero attached hydrogens (tertiary/aromatic N) is 1. The lowest BCUT2D eigenvalue weighted by atomic mass is 10.1. The molecule has 0 radical (unpaired) electrons. The van der Waals surface area contributed by atoms with Gasteiger partial charge in [-0.05, 0) is 25.0 Å². The molecule has 0 spiro atoms. The third-order valence-corrected chi connectivity index (χ3v) is 4.54. The number of amides is 1. The lowest BCUT2D eigenvalue weighted by molar-refractivity contribution is -0.119. The highest BCUT2D eigenvalue weighted by Crippen LogP contribution is 2.24. The number of carbonyl (C=O) groups is 2. The van der Waals surface area contributed by atoms with Crippen molar-refractivity contribution in [2.45, 2.75) is 25.0 Å². The van der Waals surface area contributed by atoms with E-state index in [0.29, 0.717) is 12.8 Å². The summed E-state index contributed by atoms with van der Waals surface area (Å²) in [6.07, 6.45) is 1.30. The number of benzene rings is 1. The molecule has 2 aliphatic rings. The molecule has 3 rings (SSSR count). The van der Waals surface area contributed by atoms with Crippen LogP contribution in [0.3, 0.4) is 0 Å². The standard InChI is InChI=1S/C16H21F2N5O3/c1-26-16(25)13-9(17)2-3-10(18)14(13)20-15(24)11-4-5-12(22-21-11)23-7-6-19-8-23/h2-3,11-12,19,21-22H,4-8H2,1H3,(H,20,24). The van der Waals surface area contributed by atoms with Crippen molar-refractivity contribution >= 4 is 17.6 Å². The molecule has 142 valence electrons. The molecule has 2 atom stereocenters. The number of halogens is 2. The maximum Gasteiger partial charge on any atom is 0.343 e. The maximum atomic E-state index is 14.1. The van der Waals surface area contributed by atoms with Gasteiger partial charge in [-0.25, -0.2) is 24.4 Å². The van der Waals surface area contributed by atoms with E-state index >= 15 is 0 Å². The van der Waals surface area contributed by atoms with E-state index in [0.717, 1.165) is 39.0 Å². The first-order valence-electron chi connectivity index (χ1n) is 8.34. The number of anilines is 1. The van der Waals surface area contributed by atoms with Gasteiger partial charge in [0.15, 0.2) is 0 Å². The van der Waals surface area contributed by atoms with Gasteiger partial charge in [0, 0.05) is 19.8 Å². The van der Waals surface area contributed by atoms with Crippen molar-refractivity contribution in [3.8, 4) is 0 Å². The summed E-state index contributed by atoms with van der Waals surface area (Å²) < 4.78 is 32.5. The summed E-state index contributed by atoms with van der Waals surface area (Å²) in [4.78, 5) is 26.4. The third kappa shape index (κ3) is 3.83. The topological polar surface area (TPSA) is 94.7 Å². The zero-order chi connectivity index (χ0) is 18.7. The smallest absolute Gasteiger partial charge is 0.343 e. The summed E-state index contributed by atoms with van der Waals surface area (Å²) in [7, 11) is 1.05. The number of rotatable bonds is 4. The van der Waals surface area contributed by atoms with E-state index in [1.165, 1.54) is 0 Å². The summed E-state index contributed by atoms with van der Waals surface area (Å²) >= 11 is 0. The van der Waals surface area contributed by atoms with Gasteiger partial charge in [-0.15, -0.1) is 0 Å². The first kappa shape index (κ1) is 18.6. The molecule has 2 saturated heterocycles. The maximum absolute atomic E-state index is 14.1. The van der Waals surface area contributed by atoms with Crippen LogP contribution in [0.25, 0.3) is 0 Å². The van der Waals surface area contributed by atoms with Crippen molar-refractivity contribution in [3.05, 3.63) is 29.3 Å². The Hall–Kier alpha value is -2.14. The van der Waals surface area contributed by atoms with Crippen molar-refractivity contribution in [1.82, 2.24) is 21.1 Å². The Kier molecular flexibility index (Phi) is 5.77. The zero-order valence-corrected chi connectivity index (χ0v) is 14.3. The van der Waals surface area contributed by atoms with Gasteiger partial charge in [0.05, 0.1) is 19.0 Å². The van der Waals surface area contributed by atoms with Gasteiger partial charge < -0.3 is 15.4 Å². The highest BCUT2D eigenvalue weighted by Gasteiger charge is 2.31. The molecule has 26 heavy (non-hydrogen) atoms. The fraction of sp³-hybridized carbons (Fsp3) is 0.500. The zero-order valence-electron chi connectivity index (χ0n) is 14.3. The van der Waals surface area contributed by atoms with Crippen LogP contribution >= 0.6 is 0 Å². The number of methoxy groups -OCH3 is 1. The van der Waals surface area contributed by atoms with E-state index in [-0.39, 0.29) is 6.17 Å². The Balaban J connectivity index is 1.67. The molecule has 0 aliphatic carbocycles. The van der Waals surface area contributed by atoms with Crippen molar-refractivity contribution in [2.24, 2.45) is 0 Å². The highest BCUT2D eigenvalue weighted by atomic mass is 19.1. The van der Waals surface area contributed by atoms with Crippen LogP contribution in [0, 0.1) is 11.6 Å². The fourth-order valence-corrected chi connectivity index (χ4v) is 3.11. The summed E-state index contributed by atoms with van der Waals surface area (Å²) in [6.45, 7) is 2.59. The van der Waals surface area contributed by atoms with Crippen molar-refractivity contribution in [1.29, 1.82) is 0 Å². The first-order valence-corrected chi connectivity index (χ1v) is 8.34. The van der Waals surface area contributed by atoms with Gasteiger partial charge in [-0.2, -0.15) is 0 Å². The molecule has 2 unspecified atom stereocenters. The van der Waals surface area contributed by atoms with Crippen molar-refractivity contribution in [2.75, 3.05) is 32.2 Å². The van der Waals surface area contributed by atoms with Crippen LogP contribution in [-0.4, -0.2) is 55.9 Å². The Labute approximate surface area is 149 Å². The van der Waals surface area contributed by atoms with Gasteiger partial charge in [0.25, 0.3) is 0 Å². The Morgan fingerprint density at radius 2 is 2.00 bits per heavy atom. The van der Waals surface area contributed by atoms with Crippen molar-refractivity contribution < 1.29 is 23.1 Å². The van der Waals surface area contributed by atoms with E-state index in [4.69, 9.17) is 0 Å². The minimum atomic E-state index is -1.06.